The first kappa shape index (κ1) is 7.54. The van der Waals surface area contributed by atoms with E-state index in [1.807, 2.05) is 6.92 Å². The first-order chi connectivity index (χ1) is 4.60. The van der Waals surface area contributed by atoms with Crippen LogP contribution in [0.3, 0.4) is 0 Å². The largest absolute Gasteiger partial charge is 0.481 e. The third kappa shape index (κ3) is 1.14. The van der Waals surface area contributed by atoms with Gasteiger partial charge in [-0.25, -0.2) is 0 Å². The Hall–Kier alpha value is -0.570. The summed E-state index contributed by atoms with van der Waals surface area (Å²) < 4.78 is 4.89. The molecule has 0 aromatic heterocycles. The number of ether oxygens (including phenoxy) is 1. The molecular formula is C7H12O3. The molecule has 3 heteroatoms. The Kier molecular flexibility index (Phi) is 1.68. The smallest absolute Gasteiger partial charge is 0.307 e. The first-order valence-electron chi connectivity index (χ1n) is 3.32. The topological polar surface area (TPSA) is 46.5 Å². The van der Waals surface area contributed by atoms with E-state index < -0.39 is 5.97 Å². The highest BCUT2D eigenvalue weighted by Gasteiger charge is 2.54. The quantitative estimate of drug-likeness (QED) is 0.635. The molecule has 3 nitrogen and oxygen atoms in total. The molecule has 0 amide bonds. The molecule has 0 aliphatic heterocycles. The third-order valence-electron chi connectivity index (χ3n) is 2.12. The van der Waals surface area contributed by atoms with Crippen molar-refractivity contribution in [2.45, 2.75) is 13.3 Å². The van der Waals surface area contributed by atoms with Crippen LogP contribution in [0.2, 0.25) is 0 Å². The summed E-state index contributed by atoms with van der Waals surface area (Å²) in [5, 5.41) is 8.56. The number of hydrogen-bond donors (Lipinski definition) is 1. The van der Waals surface area contributed by atoms with Gasteiger partial charge in [0.15, 0.2) is 0 Å². The number of rotatable bonds is 3. The summed E-state index contributed by atoms with van der Waals surface area (Å²) in [5.74, 6) is -0.869. The molecule has 0 bridgehead atoms. The van der Waals surface area contributed by atoms with Gasteiger partial charge in [0.1, 0.15) is 0 Å². The Morgan fingerprint density at radius 3 is 2.80 bits per heavy atom. The van der Waals surface area contributed by atoms with Gasteiger partial charge in [-0.1, -0.05) is 6.92 Å². The van der Waals surface area contributed by atoms with Crippen LogP contribution in [0.25, 0.3) is 0 Å². The van der Waals surface area contributed by atoms with Crippen molar-refractivity contribution in [2.75, 3.05) is 13.7 Å². The van der Waals surface area contributed by atoms with Gasteiger partial charge in [-0.3, -0.25) is 4.79 Å². The number of carboxylic acids is 1. The zero-order valence-corrected chi connectivity index (χ0v) is 6.26. The molecule has 0 heterocycles. The van der Waals surface area contributed by atoms with Crippen LogP contribution in [-0.4, -0.2) is 24.8 Å². The Balaban J connectivity index is 2.40. The summed E-state index contributed by atoms with van der Waals surface area (Å²) in [6, 6.07) is 0. The fraction of sp³-hybridized carbons (Fsp3) is 0.857. The Labute approximate surface area is 60.0 Å². The molecule has 1 fully saturated rings. The molecule has 10 heavy (non-hydrogen) atoms. The van der Waals surface area contributed by atoms with Gasteiger partial charge in [0.05, 0.1) is 12.5 Å². The van der Waals surface area contributed by atoms with Gasteiger partial charge in [-0.15, -0.1) is 0 Å². The number of methoxy groups -OCH3 is 1. The van der Waals surface area contributed by atoms with Crippen LogP contribution < -0.4 is 0 Å². The minimum Gasteiger partial charge on any atom is -0.481 e. The zero-order valence-electron chi connectivity index (χ0n) is 6.26. The third-order valence-corrected chi connectivity index (χ3v) is 2.12. The number of aliphatic carboxylic acids is 1. The van der Waals surface area contributed by atoms with Crippen molar-refractivity contribution in [2.24, 2.45) is 11.3 Å². The molecule has 0 aromatic rings. The highest BCUT2D eigenvalue weighted by atomic mass is 16.5. The Morgan fingerprint density at radius 1 is 1.90 bits per heavy atom. The zero-order chi connectivity index (χ0) is 7.78. The predicted octanol–water partition coefficient (Wildman–Crippen LogP) is 0.744. The average Bonchev–Trinajstić information content (AvgIpc) is 2.43. The molecular weight excluding hydrogens is 132 g/mol. The molecule has 1 aliphatic carbocycles. The number of carbonyl (C=O) groups is 1. The molecule has 0 unspecified atom stereocenters. The van der Waals surface area contributed by atoms with E-state index in [1.54, 1.807) is 7.11 Å². The van der Waals surface area contributed by atoms with Gasteiger partial charge in [-0.2, -0.15) is 0 Å². The second kappa shape index (κ2) is 2.23. The van der Waals surface area contributed by atoms with E-state index in [9.17, 15) is 4.79 Å². The second-order valence-electron chi connectivity index (χ2n) is 3.18. The van der Waals surface area contributed by atoms with Gasteiger partial charge in [0, 0.05) is 12.5 Å². The molecule has 0 saturated heterocycles. The monoisotopic (exact) mass is 144 g/mol. The fourth-order valence-electron chi connectivity index (χ4n) is 1.28. The number of carboxylic acid groups (broad SMARTS) is 1. The van der Waals surface area contributed by atoms with Crippen LogP contribution in [0.4, 0.5) is 0 Å². The van der Waals surface area contributed by atoms with E-state index in [4.69, 9.17) is 9.84 Å². The number of hydrogen-bond acceptors (Lipinski definition) is 2. The molecule has 0 radical (unpaired) electrons. The molecule has 1 rings (SSSR count). The van der Waals surface area contributed by atoms with E-state index in [1.165, 1.54) is 0 Å². The van der Waals surface area contributed by atoms with Crippen molar-refractivity contribution in [1.82, 2.24) is 0 Å². The van der Waals surface area contributed by atoms with Gasteiger partial charge in [0.25, 0.3) is 0 Å². The molecule has 1 aliphatic rings. The fourth-order valence-corrected chi connectivity index (χ4v) is 1.28. The van der Waals surface area contributed by atoms with Gasteiger partial charge < -0.3 is 9.84 Å². The maximum absolute atomic E-state index is 10.4. The minimum atomic E-state index is -0.695. The van der Waals surface area contributed by atoms with E-state index >= 15 is 0 Å². The Morgan fingerprint density at radius 2 is 2.50 bits per heavy atom. The summed E-state index contributed by atoms with van der Waals surface area (Å²) in [5.41, 5.74) is -0.0828. The van der Waals surface area contributed by atoms with Crippen molar-refractivity contribution in [3.63, 3.8) is 0 Å². The summed E-state index contributed by atoms with van der Waals surface area (Å²) >= 11 is 0. The van der Waals surface area contributed by atoms with Crippen LogP contribution in [0.15, 0.2) is 0 Å². The van der Waals surface area contributed by atoms with Crippen molar-refractivity contribution in [3.05, 3.63) is 0 Å². The van der Waals surface area contributed by atoms with Crippen molar-refractivity contribution >= 4 is 5.97 Å². The summed E-state index contributed by atoms with van der Waals surface area (Å²) in [6.07, 6.45) is 0.760. The van der Waals surface area contributed by atoms with Crippen LogP contribution in [0.5, 0.6) is 0 Å². The average molecular weight is 144 g/mol. The lowest BCUT2D eigenvalue weighted by Crippen LogP contribution is -2.12. The van der Waals surface area contributed by atoms with Crippen LogP contribution in [0.1, 0.15) is 13.3 Å². The lowest BCUT2D eigenvalue weighted by atomic mass is 10.1. The summed E-state index contributed by atoms with van der Waals surface area (Å²) in [7, 11) is 1.60. The summed E-state index contributed by atoms with van der Waals surface area (Å²) in [6.45, 7) is 2.50. The van der Waals surface area contributed by atoms with Crippen LogP contribution in [-0.2, 0) is 9.53 Å². The van der Waals surface area contributed by atoms with Crippen molar-refractivity contribution in [3.8, 4) is 0 Å². The molecule has 58 valence electrons. The van der Waals surface area contributed by atoms with Crippen LogP contribution in [0, 0.1) is 11.3 Å². The van der Waals surface area contributed by atoms with Gasteiger partial charge in [-0.05, 0) is 6.42 Å². The van der Waals surface area contributed by atoms with Crippen molar-refractivity contribution in [1.29, 1.82) is 0 Å². The minimum absolute atomic E-state index is 0.0828. The van der Waals surface area contributed by atoms with E-state index in [-0.39, 0.29) is 11.3 Å². The predicted molar refractivity (Wildman–Crippen MR) is 35.7 cm³/mol. The highest BCUT2D eigenvalue weighted by molar-refractivity contribution is 5.74. The SMILES string of the molecule is COC[C@@]1(C)C[C@H]1C(=O)O. The maximum Gasteiger partial charge on any atom is 0.307 e. The molecule has 0 spiro atoms. The first-order valence-corrected chi connectivity index (χ1v) is 3.32. The lowest BCUT2D eigenvalue weighted by Gasteiger charge is -2.05. The lowest BCUT2D eigenvalue weighted by molar-refractivity contribution is -0.139. The molecule has 1 N–H and O–H groups in total. The highest BCUT2D eigenvalue weighted by Crippen LogP contribution is 2.52. The van der Waals surface area contributed by atoms with E-state index in [0.717, 1.165) is 6.42 Å². The second-order valence-corrected chi connectivity index (χ2v) is 3.18. The maximum atomic E-state index is 10.4. The van der Waals surface area contributed by atoms with E-state index in [0.29, 0.717) is 6.61 Å². The standard InChI is InChI=1S/C7H12O3/c1-7(4-10-2)3-5(7)6(8)9/h5H,3-4H2,1-2H3,(H,8,9)/t5-,7+/m0/s1. The normalized spacial score (nSPS) is 37.6. The Bertz CT molecular complexity index is 155. The van der Waals surface area contributed by atoms with Crippen LogP contribution >= 0.6 is 0 Å². The molecule has 2 atom stereocenters. The van der Waals surface area contributed by atoms with E-state index in [2.05, 4.69) is 0 Å². The summed E-state index contributed by atoms with van der Waals surface area (Å²) in [4.78, 5) is 10.4. The molecule has 0 aromatic carbocycles. The van der Waals surface area contributed by atoms with Crippen molar-refractivity contribution < 1.29 is 14.6 Å². The molecule has 1 saturated carbocycles. The van der Waals surface area contributed by atoms with Gasteiger partial charge in [0.2, 0.25) is 0 Å². The van der Waals surface area contributed by atoms with Gasteiger partial charge >= 0.3 is 5.97 Å².